The van der Waals surface area contributed by atoms with Gasteiger partial charge >= 0.3 is 6.03 Å². The van der Waals surface area contributed by atoms with E-state index in [4.69, 9.17) is 18.9 Å². The van der Waals surface area contributed by atoms with Crippen LogP contribution in [0.2, 0.25) is 0 Å². The zero-order valence-corrected chi connectivity index (χ0v) is 21.8. The Morgan fingerprint density at radius 3 is 2.79 bits per heavy atom. The van der Waals surface area contributed by atoms with Crippen LogP contribution in [0.4, 0.5) is 19.3 Å². The maximum atomic E-state index is 13.1. The van der Waals surface area contributed by atoms with Crippen molar-refractivity contribution in [2.75, 3.05) is 31.7 Å². The third-order valence-electron chi connectivity index (χ3n) is 5.67. The number of imidazole rings is 1. The van der Waals surface area contributed by atoms with Crippen LogP contribution < -0.4 is 20.1 Å². The van der Waals surface area contributed by atoms with Gasteiger partial charge in [0.05, 0.1) is 31.1 Å². The molecule has 0 radical (unpaired) electrons. The summed E-state index contributed by atoms with van der Waals surface area (Å²) in [5.74, 6) is -1.84. The van der Waals surface area contributed by atoms with Crippen molar-refractivity contribution in [1.29, 1.82) is 0 Å². The van der Waals surface area contributed by atoms with Gasteiger partial charge in [-0.3, -0.25) is 4.40 Å². The van der Waals surface area contributed by atoms with Crippen molar-refractivity contribution in [1.82, 2.24) is 14.7 Å². The molecule has 9 nitrogen and oxygen atoms in total. The van der Waals surface area contributed by atoms with E-state index in [9.17, 15) is 13.6 Å². The number of hydrogen-bond donors (Lipinski definition) is 2. The molecular weight excluding hydrogens is 498 g/mol. The largest absolute Gasteiger partial charge is 0.491 e. The second kappa shape index (κ2) is 12.4. The van der Waals surface area contributed by atoms with E-state index in [1.807, 2.05) is 42.6 Å². The first-order valence-electron chi connectivity index (χ1n) is 12.7. The number of carbonyl (C=O) groups excluding carboxylic acids is 1. The SMILES string of the molecule is CC(C)Oc1cc(NC(=O)NCC(C)(F)F)cc(-c2cnc3cc(OCCOC4CCCCO4)ccn23)c1. The first kappa shape index (κ1) is 27.6. The zero-order chi connectivity index (χ0) is 27.1. The molecule has 4 rings (SSSR count). The van der Waals surface area contributed by atoms with E-state index in [1.165, 1.54) is 0 Å². The third kappa shape index (κ3) is 8.03. The maximum Gasteiger partial charge on any atom is 0.319 e. The molecule has 11 heteroatoms. The maximum absolute atomic E-state index is 13.1. The number of urea groups is 1. The normalized spacial score (nSPS) is 16.0. The van der Waals surface area contributed by atoms with Gasteiger partial charge in [-0.25, -0.2) is 18.6 Å². The molecular formula is C27H34F2N4O5. The Bertz CT molecular complexity index is 1220. The minimum absolute atomic E-state index is 0.110. The van der Waals surface area contributed by atoms with Crippen LogP contribution in [0.25, 0.3) is 16.9 Å². The molecule has 3 aromatic rings. The van der Waals surface area contributed by atoms with Crippen LogP contribution in [-0.2, 0) is 9.47 Å². The number of anilines is 1. The number of halogens is 2. The highest BCUT2D eigenvalue weighted by atomic mass is 19.3. The second-order valence-corrected chi connectivity index (χ2v) is 9.54. The summed E-state index contributed by atoms with van der Waals surface area (Å²) < 4.78 is 51.1. The molecule has 206 valence electrons. The van der Waals surface area contributed by atoms with Crippen LogP contribution in [0.1, 0.15) is 40.0 Å². The monoisotopic (exact) mass is 532 g/mol. The van der Waals surface area contributed by atoms with Crippen molar-refractivity contribution in [2.24, 2.45) is 0 Å². The number of pyridine rings is 1. The molecule has 1 aliphatic heterocycles. The van der Waals surface area contributed by atoms with Gasteiger partial charge in [-0.05, 0) is 51.3 Å². The summed E-state index contributed by atoms with van der Waals surface area (Å²) in [7, 11) is 0. The highest BCUT2D eigenvalue weighted by Gasteiger charge is 2.22. The number of aromatic nitrogens is 2. The van der Waals surface area contributed by atoms with Crippen LogP contribution in [0.5, 0.6) is 11.5 Å². The van der Waals surface area contributed by atoms with E-state index >= 15 is 0 Å². The molecule has 38 heavy (non-hydrogen) atoms. The van der Waals surface area contributed by atoms with Crippen molar-refractivity contribution in [3.8, 4) is 22.8 Å². The lowest BCUT2D eigenvalue weighted by atomic mass is 10.1. The van der Waals surface area contributed by atoms with E-state index in [0.29, 0.717) is 36.0 Å². The molecule has 0 spiro atoms. The average Bonchev–Trinajstić information content (AvgIpc) is 3.28. The molecule has 1 unspecified atom stereocenters. The number of benzene rings is 1. The fourth-order valence-electron chi connectivity index (χ4n) is 4.02. The minimum atomic E-state index is -3.01. The Morgan fingerprint density at radius 1 is 1.21 bits per heavy atom. The number of ether oxygens (including phenoxy) is 4. The highest BCUT2D eigenvalue weighted by Crippen LogP contribution is 2.31. The van der Waals surface area contributed by atoms with Gasteiger partial charge in [0, 0.05) is 43.1 Å². The standard InChI is InChI=1S/C27H34F2N4O5/c1-18(2)38-22-13-19(12-20(14-22)32-26(34)31-17-27(3,28)29)23-16-30-24-15-21(7-8-33(23)24)35-10-11-37-25-6-4-5-9-36-25/h7-8,12-16,18,25H,4-6,9-11,17H2,1-3H3,(H2,31,32,34). The van der Waals surface area contributed by atoms with Crippen molar-refractivity contribution in [3.63, 3.8) is 0 Å². The summed E-state index contributed by atoms with van der Waals surface area (Å²) in [5.41, 5.74) is 2.54. The van der Waals surface area contributed by atoms with Gasteiger partial charge in [0.25, 0.3) is 5.92 Å². The third-order valence-corrected chi connectivity index (χ3v) is 5.67. The second-order valence-electron chi connectivity index (χ2n) is 9.54. The van der Waals surface area contributed by atoms with E-state index in [2.05, 4.69) is 15.6 Å². The topological polar surface area (TPSA) is 95.4 Å². The Hall–Kier alpha value is -3.44. The van der Waals surface area contributed by atoms with Gasteiger partial charge < -0.3 is 29.6 Å². The fraction of sp³-hybridized carbons (Fsp3) is 0.481. The molecule has 1 saturated heterocycles. The average molecular weight is 533 g/mol. The molecule has 1 atom stereocenters. The van der Waals surface area contributed by atoms with Gasteiger partial charge in [-0.1, -0.05) is 0 Å². The first-order valence-corrected chi connectivity index (χ1v) is 12.7. The quantitative estimate of drug-likeness (QED) is 0.317. The lowest BCUT2D eigenvalue weighted by Crippen LogP contribution is -2.37. The molecule has 3 heterocycles. The summed E-state index contributed by atoms with van der Waals surface area (Å²) in [5, 5.41) is 4.78. The molecule has 1 fully saturated rings. The fourth-order valence-corrected chi connectivity index (χ4v) is 4.02. The van der Waals surface area contributed by atoms with E-state index in [0.717, 1.165) is 44.1 Å². The lowest BCUT2D eigenvalue weighted by molar-refractivity contribution is -0.165. The smallest absolute Gasteiger partial charge is 0.319 e. The number of hydrogen-bond acceptors (Lipinski definition) is 6. The number of nitrogens with zero attached hydrogens (tertiary/aromatic N) is 2. The predicted molar refractivity (Wildman–Crippen MR) is 139 cm³/mol. The van der Waals surface area contributed by atoms with Gasteiger partial charge in [-0.15, -0.1) is 0 Å². The van der Waals surface area contributed by atoms with E-state index in [1.54, 1.807) is 18.3 Å². The molecule has 0 bridgehead atoms. The van der Waals surface area contributed by atoms with Crippen molar-refractivity contribution >= 4 is 17.4 Å². The number of amides is 2. The number of nitrogens with one attached hydrogen (secondary N) is 2. The van der Waals surface area contributed by atoms with Gasteiger partial charge in [0.2, 0.25) is 0 Å². The highest BCUT2D eigenvalue weighted by molar-refractivity contribution is 5.90. The summed E-state index contributed by atoms with van der Waals surface area (Å²) >= 11 is 0. The number of alkyl halides is 2. The van der Waals surface area contributed by atoms with Crippen molar-refractivity contribution in [2.45, 2.75) is 58.4 Å². The Balaban J connectivity index is 1.46. The van der Waals surface area contributed by atoms with Crippen LogP contribution in [-0.4, -0.2) is 60.1 Å². The van der Waals surface area contributed by atoms with Crippen LogP contribution in [0, 0.1) is 0 Å². The Morgan fingerprint density at radius 2 is 2.05 bits per heavy atom. The van der Waals surface area contributed by atoms with Crippen molar-refractivity contribution in [3.05, 3.63) is 42.7 Å². The molecule has 1 aliphatic rings. The molecule has 2 N–H and O–H groups in total. The van der Waals surface area contributed by atoms with Crippen LogP contribution in [0.15, 0.2) is 42.7 Å². The summed E-state index contributed by atoms with van der Waals surface area (Å²) in [6.45, 7) is 5.30. The van der Waals surface area contributed by atoms with Crippen molar-refractivity contribution < 1.29 is 32.5 Å². The van der Waals surface area contributed by atoms with Crippen LogP contribution in [0.3, 0.4) is 0 Å². The zero-order valence-electron chi connectivity index (χ0n) is 21.8. The number of rotatable bonds is 11. The molecule has 2 aromatic heterocycles. The molecule has 1 aromatic carbocycles. The number of fused-ring (bicyclic) bond motifs is 1. The summed E-state index contributed by atoms with van der Waals surface area (Å²) in [6, 6.07) is 8.13. The summed E-state index contributed by atoms with van der Waals surface area (Å²) in [4.78, 5) is 16.7. The van der Waals surface area contributed by atoms with E-state index < -0.39 is 18.5 Å². The lowest BCUT2D eigenvalue weighted by Gasteiger charge is -2.22. The first-order chi connectivity index (χ1) is 18.2. The Kier molecular flexibility index (Phi) is 9.01. The number of carbonyl (C=O) groups is 1. The molecule has 0 aliphatic carbocycles. The van der Waals surface area contributed by atoms with Crippen LogP contribution >= 0.6 is 0 Å². The molecule has 2 amide bonds. The Labute approximate surface area is 220 Å². The summed E-state index contributed by atoms with van der Waals surface area (Å²) in [6.07, 6.45) is 6.38. The minimum Gasteiger partial charge on any atom is -0.491 e. The van der Waals surface area contributed by atoms with Gasteiger partial charge in [0.15, 0.2) is 6.29 Å². The van der Waals surface area contributed by atoms with Gasteiger partial charge in [-0.2, -0.15) is 0 Å². The van der Waals surface area contributed by atoms with Gasteiger partial charge in [0.1, 0.15) is 23.8 Å². The predicted octanol–water partition coefficient (Wildman–Crippen LogP) is 5.49. The van der Waals surface area contributed by atoms with E-state index in [-0.39, 0.29) is 12.4 Å². The molecule has 0 saturated carbocycles.